The van der Waals surface area contributed by atoms with Crippen molar-refractivity contribution >= 4 is 23.3 Å². The number of nitrogens with two attached hydrogens (primary N) is 1. The lowest BCUT2D eigenvalue weighted by molar-refractivity contribution is -0.116. The van der Waals surface area contributed by atoms with Gasteiger partial charge in [-0.05, 0) is 24.6 Å². The van der Waals surface area contributed by atoms with Crippen LogP contribution in [0.4, 0.5) is 11.4 Å². The Balaban J connectivity index is 2.21. The summed E-state index contributed by atoms with van der Waals surface area (Å²) in [4.78, 5) is 23.4. The summed E-state index contributed by atoms with van der Waals surface area (Å²) in [6, 6.07) is 4.74. The molecule has 1 aromatic carbocycles. The van der Waals surface area contributed by atoms with E-state index in [0.29, 0.717) is 23.4 Å². The van der Waals surface area contributed by atoms with Gasteiger partial charge in [-0.1, -0.05) is 58.3 Å². The summed E-state index contributed by atoms with van der Waals surface area (Å²) in [6.45, 7) is 2.23. The van der Waals surface area contributed by atoms with Crippen LogP contribution in [0.5, 0.6) is 0 Å². The van der Waals surface area contributed by atoms with Crippen molar-refractivity contribution in [1.82, 2.24) is 0 Å². The molecular weight excluding hydrogens is 316 g/mol. The summed E-state index contributed by atoms with van der Waals surface area (Å²) in [5.74, 6) is -0.486. The number of hydrogen-bond donors (Lipinski definition) is 2. The molecule has 140 valence electrons. The number of carbonyl (C=O) groups is 2. The fourth-order valence-electron chi connectivity index (χ4n) is 2.73. The molecule has 0 aliphatic rings. The zero-order valence-corrected chi connectivity index (χ0v) is 15.6. The molecule has 0 atom stereocenters. The highest BCUT2D eigenvalue weighted by Crippen LogP contribution is 2.21. The fraction of sp³-hybridized carbons (Fsp3) is 0.600. The normalized spacial score (nSPS) is 10.5. The van der Waals surface area contributed by atoms with E-state index in [4.69, 9.17) is 5.73 Å². The molecule has 0 saturated heterocycles. The smallest absolute Gasteiger partial charge is 0.337 e. The molecule has 25 heavy (non-hydrogen) atoms. The predicted octanol–water partition coefficient (Wildman–Crippen LogP) is 4.91. The maximum atomic E-state index is 12.0. The molecule has 0 radical (unpaired) electrons. The maximum Gasteiger partial charge on any atom is 0.337 e. The number of esters is 1. The van der Waals surface area contributed by atoms with Gasteiger partial charge in [0.25, 0.3) is 0 Å². The molecule has 0 saturated carbocycles. The Morgan fingerprint density at radius 3 is 2.16 bits per heavy atom. The molecule has 0 unspecified atom stereocenters. The van der Waals surface area contributed by atoms with Crippen molar-refractivity contribution in [3.8, 4) is 0 Å². The minimum Gasteiger partial charge on any atom is -0.465 e. The Hall–Kier alpha value is -2.04. The summed E-state index contributed by atoms with van der Waals surface area (Å²) < 4.78 is 4.64. The highest BCUT2D eigenvalue weighted by molar-refractivity contribution is 5.96. The molecule has 5 nitrogen and oxygen atoms in total. The minimum atomic E-state index is -0.445. The fourth-order valence-corrected chi connectivity index (χ4v) is 2.73. The van der Waals surface area contributed by atoms with Gasteiger partial charge in [-0.15, -0.1) is 0 Å². The van der Waals surface area contributed by atoms with Crippen molar-refractivity contribution in [3.05, 3.63) is 23.8 Å². The standard InChI is InChI=1S/C20H32N2O3/c1-3-4-5-6-7-8-9-10-11-12-19(23)22-18-14-13-16(15-17(18)21)20(24)25-2/h13-15H,3-12,21H2,1-2H3,(H,22,23). The molecule has 0 bridgehead atoms. The summed E-state index contributed by atoms with van der Waals surface area (Å²) in [6.07, 6.45) is 11.5. The number of carbonyl (C=O) groups excluding carboxylic acids is 2. The van der Waals surface area contributed by atoms with Crippen LogP contribution in [-0.4, -0.2) is 19.0 Å². The van der Waals surface area contributed by atoms with Crippen LogP contribution >= 0.6 is 0 Å². The number of benzene rings is 1. The van der Waals surface area contributed by atoms with Crippen LogP contribution in [0.25, 0.3) is 0 Å². The van der Waals surface area contributed by atoms with E-state index in [1.165, 1.54) is 58.1 Å². The third-order valence-corrected chi connectivity index (χ3v) is 4.25. The van der Waals surface area contributed by atoms with Gasteiger partial charge in [-0.2, -0.15) is 0 Å². The zero-order chi connectivity index (χ0) is 18.5. The van der Waals surface area contributed by atoms with Gasteiger partial charge in [0.1, 0.15) is 0 Å². The second kappa shape index (κ2) is 12.3. The lowest BCUT2D eigenvalue weighted by Gasteiger charge is -2.09. The largest absolute Gasteiger partial charge is 0.465 e. The van der Waals surface area contributed by atoms with Crippen LogP contribution in [0.3, 0.4) is 0 Å². The predicted molar refractivity (Wildman–Crippen MR) is 103 cm³/mol. The number of anilines is 2. The highest BCUT2D eigenvalue weighted by atomic mass is 16.5. The van der Waals surface area contributed by atoms with Crippen molar-refractivity contribution in [1.29, 1.82) is 0 Å². The molecule has 0 heterocycles. The van der Waals surface area contributed by atoms with Gasteiger partial charge in [-0.25, -0.2) is 4.79 Å². The first-order chi connectivity index (χ1) is 12.1. The van der Waals surface area contributed by atoms with Gasteiger partial charge in [0.05, 0.1) is 24.0 Å². The topological polar surface area (TPSA) is 81.4 Å². The highest BCUT2D eigenvalue weighted by Gasteiger charge is 2.10. The van der Waals surface area contributed by atoms with Crippen LogP contribution in [0.1, 0.15) is 81.5 Å². The van der Waals surface area contributed by atoms with Crippen molar-refractivity contribution in [2.75, 3.05) is 18.2 Å². The van der Waals surface area contributed by atoms with Crippen molar-refractivity contribution in [2.45, 2.75) is 71.1 Å². The van der Waals surface area contributed by atoms with E-state index in [1.807, 2.05) is 0 Å². The molecule has 0 aliphatic carbocycles. The van der Waals surface area contributed by atoms with Crippen molar-refractivity contribution < 1.29 is 14.3 Å². The molecule has 5 heteroatoms. The summed E-state index contributed by atoms with van der Waals surface area (Å²) in [5, 5.41) is 2.80. The average Bonchev–Trinajstić information content (AvgIpc) is 2.61. The first-order valence-corrected chi connectivity index (χ1v) is 9.36. The zero-order valence-electron chi connectivity index (χ0n) is 15.6. The van der Waals surface area contributed by atoms with Gasteiger partial charge in [0.15, 0.2) is 0 Å². The molecule has 0 spiro atoms. The van der Waals surface area contributed by atoms with E-state index in [0.717, 1.165) is 12.8 Å². The molecule has 1 amide bonds. The van der Waals surface area contributed by atoms with E-state index in [1.54, 1.807) is 12.1 Å². The lowest BCUT2D eigenvalue weighted by Crippen LogP contribution is -2.13. The van der Waals surface area contributed by atoms with Crippen LogP contribution in [0.2, 0.25) is 0 Å². The van der Waals surface area contributed by atoms with E-state index in [2.05, 4.69) is 17.0 Å². The number of ether oxygens (including phenoxy) is 1. The third kappa shape index (κ3) is 8.57. The van der Waals surface area contributed by atoms with Crippen LogP contribution in [0.15, 0.2) is 18.2 Å². The van der Waals surface area contributed by atoms with Crippen LogP contribution in [-0.2, 0) is 9.53 Å². The number of unbranched alkanes of at least 4 members (excludes halogenated alkanes) is 8. The first-order valence-electron chi connectivity index (χ1n) is 9.36. The van der Waals surface area contributed by atoms with Crippen molar-refractivity contribution in [3.63, 3.8) is 0 Å². The number of nitrogen functional groups attached to an aromatic ring is 1. The number of nitrogens with one attached hydrogen (secondary N) is 1. The van der Waals surface area contributed by atoms with Gasteiger partial charge in [0, 0.05) is 6.42 Å². The Morgan fingerprint density at radius 2 is 1.60 bits per heavy atom. The Kier molecular flexibility index (Phi) is 10.4. The van der Waals surface area contributed by atoms with E-state index in [-0.39, 0.29) is 5.91 Å². The second-order valence-corrected chi connectivity index (χ2v) is 6.42. The quantitative estimate of drug-likeness (QED) is 0.319. The second-order valence-electron chi connectivity index (χ2n) is 6.42. The molecular formula is C20H32N2O3. The molecule has 0 fully saturated rings. The minimum absolute atomic E-state index is 0.0412. The first kappa shape index (κ1) is 21.0. The molecule has 0 aromatic heterocycles. The lowest BCUT2D eigenvalue weighted by atomic mass is 10.1. The van der Waals surface area contributed by atoms with Crippen molar-refractivity contribution in [2.24, 2.45) is 0 Å². The maximum absolute atomic E-state index is 12.0. The number of hydrogen-bond acceptors (Lipinski definition) is 4. The monoisotopic (exact) mass is 348 g/mol. The summed E-state index contributed by atoms with van der Waals surface area (Å²) in [5.41, 5.74) is 7.16. The molecule has 1 rings (SSSR count). The van der Waals surface area contributed by atoms with E-state index < -0.39 is 5.97 Å². The van der Waals surface area contributed by atoms with Gasteiger partial charge in [0.2, 0.25) is 5.91 Å². The Bertz CT molecular complexity index is 544. The van der Waals surface area contributed by atoms with Gasteiger partial charge < -0.3 is 15.8 Å². The molecule has 1 aromatic rings. The SMILES string of the molecule is CCCCCCCCCCCC(=O)Nc1ccc(C(=O)OC)cc1N. The van der Waals surface area contributed by atoms with E-state index >= 15 is 0 Å². The number of amides is 1. The average molecular weight is 348 g/mol. The Labute approximate surface area is 151 Å². The van der Waals surface area contributed by atoms with Crippen LogP contribution < -0.4 is 11.1 Å². The van der Waals surface area contributed by atoms with Gasteiger partial charge >= 0.3 is 5.97 Å². The number of rotatable bonds is 12. The van der Waals surface area contributed by atoms with Crippen LogP contribution in [0, 0.1) is 0 Å². The summed E-state index contributed by atoms with van der Waals surface area (Å²) >= 11 is 0. The number of methoxy groups -OCH3 is 1. The van der Waals surface area contributed by atoms with Gasteiger partial charge in [-0.3, -0.25) is 4.79 Å². The molecule has 3 N–H and O–H groups in total. The molecule has 0 aliphatic heterocycles. The third-order valence-electron chi connectivity index (χ3n) is 4.25. The van der Waals surface area contributed by atoms with E-state index in [9.17, 15) is 9.59 Å². The Morgan fingerprint density at radius 1 is 1.00 bits per heavy atom. The summed E-state index contributed by atoms with van der Waals surface area (Å²) in [7, 11) is 1.32.